The van der Waals surface area contributed by atoms with E-state index in [4.69, 9.17) is 9.52 Å². The van der Waals surface area contributed by atoms with Gasteiger partial charge in [-0.25, -0.2) is 9.59 Å². The first kappa shape index (κ1) is 16.2. The summed E-state index contributed by atoms with van der Waals surface area (Å²) in [6, 6.07) is 8.46. The zero-order valence-corrected chi connectivity index (χ0v) is 13.0. The predicted octanol–water partition coefficient (Wildman–Crippen LogP) is 1.74. The first-order valence-electron chi connectivity index (χ1n) is 7.15. The summed E-state index contributed by atoms with van der Waals surface area (Å²) in [5, 5.41) is 10.9. The molecule has 0 spiro atoms. The molecule has 1 aromatic carbocycles. The lowest BCUT2D eigenvalue weighted by Crippen LogP contribution is -2.52. The highest BCUT2D eigenvalue weighted by Gasteiger charge is 2.33. The van der Waals surface area contributed by atoms with Crippen molar-refractivity contribution >= 4 is 29.9 Å². The summed E-state index contributed by atoms with van der Waals surface area (Å²) < 4.78 is 5.57. The van der Waals surface area contributed by atoms with E-state index in [1.165, 1.54) is 25.3 Å². The number of hydrogen-bond donors (Lipinski definition) is 2. The highest BCUT2D eigenvalue weighted by atomic mass is 16.4. The fourth-order valence-electron chi connectivity index (χ4n) is 2.25. The molecule has 1 fully saturated rings. The van der Waals surface area contributed by atoms with Crippen molar-refractivity contribution in [1.29, 1.82) is 0 Å². The molecule has 2 heterocycles. The number of furan rings is 1. The summed E-state index contributed by atoms with van der Waals surface area (Å²) in [7, 11) is 1.26. The van der Waals surface area contributed by atoms with E-state index in [0.717, 1.165) is 4.90 Å². The number of likely N-dealkylation sites (N-methyl/N-ethyl adjacent to an activating group) is 1. The van der Waals surface area contributed by atoms with Crippen LogP contribution in [0, 0.1) is 0 Å². The molecule has 2 aromatic rings. The van der Waals surface area contributed by atoms with Gasteiger partial charge in [-0.05, 0) is 30.3 Å². The van der Waals surface area contributed by atoms with E-state index in [0.29, 0.717) is 11.3 Å². The summed E-state index contributed by atoms with van der Waals surface area (Å²) in [6.07, 6.45) is 1.25. The van der Waals surface area contributed by atoms with Crippen LogP contribution in [0.25, 0.3) is 17.4 Å². The van der Waals surface area contributed by atoms with Crippen molar-refractivity contribution in [3.8, 4) is 11.3 Å². The van der Waals surface area contributed by atoms with Gasteiger partial charge in [0, 0.05) is 12.6 Å². The van der Waals surface area contributed by atoms with Gasteiger partial charge in [-0.15, -0.1) is 0 Å². The topological polar surface area (TPSA) is 117 Å². The summed E-state index contributed by atoms with van der Waals surface area (Å²) in [5.41, 5.74) is 0.570. The molecule has 0 atom stereocenters. The van der Waals surface area contributed by atoms with Crippen molar-refractivity contribution in [3.63, 3.8) is 0 Å². The molecule has 2 N–H and O–H groups in total. The number of carboxylic acid groups (broad SMARTS) is 1. The summed E-state index contributed by atoms with van der Waals surface area (Å²) in [6.45, 7) is 0. The second-order valence-corrected chi connectivity index (χ2v) is 5.27. The Labute approximate surface area is 141 Å². The van der Waals surface area contributed by atoms with Gasteiger partial charge in [-0.1, -0.05) is 12.1 Å². The Morgan fingerprint density at radius 3 is 2.44 bits per heavy atom. The zero-order chi connectivity index (χ0) is 18.1. The van der Waals surface area contributed by atoms with Crippen LogP contribution in [0.2, 0.25) is 0 Å². The van der Waals surface area contributed by atoms with Crippen molar-refractivity contribution < 1.29 is 28.7 Å². The molecule has 8 heteroatoms. The van der Waals surface area contributed by atoms with E-state index >= 15 is 0 Å². The van der Waals surface area contributed by atoms with E-state index in [9.17, 15) is 19.2 Å². The SMILES string of the molecule is CN1C(=O)NC(=O)/C(=C/c2ccc(-c3ccc(C(=O)O)cc3)o2)C1=O. The van der Waals surface area contributed by atoms with E-state index < -0.39 is 23.8 Å². The average molecular weight is 340 g/mol. The molecule has 0 unspecified atom stereocenters. The lowest BCUT2D eigenvalue weighted by molar-refractivity contribution is -0.129. The number of rotatable bonds is 3. The summed E-state index contributed by atoms with van der Waals surface area (Å²) in [5.74, 6) is -1.86. The average Bonchev–Trinajstić information content (AvgIpc) is 3.05. The molecule has 1 aliphatic heterocycles. The molecule has 4 amide bonds. The molecule has 1 saturated heterocycles. The number of barbiturate groups is 1. The van der Waals surface area contributed by atoms with Crippen molar-refractivity contribution in [3.05, 3.63) is 53.3 Å². The number of carboxylic acids is 1. The fourth-order valence-corrected chi connectivity index (χ4v) is 2.25. The van der Waals surface area contributed by atoms with Crippen LogP contribution in [0.1, 0.15) is 16.1 Å². The lowest BCUT2D eigenvalue weighted by Gasteiger charge is -2.21. The van der Waals surface area contributed by atoms with E-state index in [-0.39, 0.29) is 16.9 Å². The van der Waals surface area contributed by atoms with E-state index in [1.54, 1.807) is 24.3 Å². The first-order chi connectivity index (χ1) is 11.9. The minimum absolute atomic E-state index is 0.148. The molecule has 8 nitrogen and oxygen atoms in total. The standard InChI is InChI=1S/C17H12N2O6/c1-19-15(21)12(14(20)18-17(19)24)8-11-6-7-13(25-11)9-2-4-10(5-3-9)16(22)23/h2-8H,1H3,(H,22,23)(H,18,20,24)/b12-8-. The molecule has 3 rings (SSSR count). The summed E-state index contributed by atoms with van der Waals surface area (Å²) in [4.78, 5) is 46.8. The van der Waals surface area contributed by atoms with Gasteiger partial charge in [0.15, 0.2) is 0 Å². The Balaban J connectivity index is 1.88. The molecule has 126 valence electrons. The number of imide groups is 2. The van der Waals surface area contributed by atoms with E-state index in [2.05, 4.69) is 0 Å². The lowest BCUT2D eigenvalue weighted by atomic mass is 10.1. The van der Waals surface area contributed by atoms with Gasteiger partial charge in [0.2, 0.25) is 0 Å². The van der Waals surface area contributed by atoms with Gasteiger partial charge in [-0.2, -0.15) is 0 Å². The fraction of sp³-hybridized carbons (Fsp3) is 0.0588. The maximum Gasteiger partial charge on any atom is 0.335 e. The summed E-state index contributed by atoms with van der Waals surface area (Å²) >= 11 is 0. The van der Waals surface area contributed by atoms with Crippen LogP contribution in [-0.2, 0) is 9.59 Å². The number of carbonyl (C=O) groups is 4. The predicted molar refractivity (Wildman–Crippen MR) is 85.4 cm³/mol. The van der Waals surface area contributed by atoms with Crippen molar-refractivity contribution in [2.75, 3.05) is 7.05 Å². The van der Waals surface area contributed by atoms with Gasteiger partial charge in [0.1, 0.15) is 17.1 Å². The molecular weight excluding hydrogens is 328 g/mol. The second-order valence-electron chi connectivity index (χ2n) is 5.27. The maximum absolute atomic E-state index is 12.0. The Kier molecular flexibility index (Phi) is 3.94. The quantitative estimate of drug-likeness (QED) is 0.649. The number of urea groups is 1. The molecular formula is C17H12N2O6. The third-order valence-electron chi connectivity index (χ3n) is 3.63. The van der Waals surface area contributed by atoms with Crippen LogP contribution in [0.4, 0.5) is 4.79 Å². The molecule has 25 heavy (non-hydrogen) atoms. The van der Waals surface area contributed by atoms with Crippen LogP contribution >= 0.6 is 0 Å². The van der Waals surface area contributed by atoms with Gasteiger partial charge in [0.05, 0.1) is 5.56 Å². The van der Waals surface area contributed by atoms with Crippen molar-refractivity contribution in [2.24, 2.45) is 0 Å². The maximum atomic E-state index is 12.0. The smallest absolute Gasteiger partial charge is 0.335 e. The molecule has 0 radical (unpaired) electrons. The number of nitrogens with one attached hydrogen (secondary N) is 1. The minimum atomic E-state index is -1.03. The van der Waals surface area contributed by atoms with Crippen molar-refractivity contribution in [2.45, 2.75) is 0 Å². The third-order valence-corrected chi connectivity index (χ3v) is 3.63. The van der Waals surface area contributed by atoms with Gasteiger partial charge >= 0.3 is 12.0 Å². The van der Waals surface area contributed by atoms with Gasteiger partial charge in [0.25, 0.3) is 11.8 Å². The Hall–Kier alpha value is -3.68. The Morgan fingerprint density at radius 2 is 1.80 bits per heavy atom. The number of carbonyl (C=O) groups excluding carboxylic acids is 3. The molecule has 1 aromatic heterocycles. The molecule has 0 aliphatic carbocycles. The van der Waals surface area contributed by atoms with Crippen LogP contribution < -0.4 is 5.32 Å². The monoisotopic (exact) mass is 340 g/mol. The number of benzene rings is 1. The van der Waals surface area contributed by atoms with Crippen molar-refractivity contribution in [1.82, 2.24) is 10.2 Å². The highest BCUT2D eigenvalue weighted by molar-refractivity contribution is 6.30. The zero-order valence-electron chi connectivity index (χ0n) is 13.0. The largest absolute Gasteiger partial charge is 0.478 e. The third kappa shape index (κ3) is 3.05. The molecule has 1 aliphatic rings. The molecule has 0 bridgehead atoms. The number of aromatic carboxylic acids is 1. The second kappa shape index (κ2) is 6.08. The number of amides is 4. The minimum Gasteiger partial charge on any atom is -0.478 e. The highest BCUT2D eigenvalue weighted by Crippen LogP contribution is 2.24. The van der Waals surface area contributed by atoms with Crippen LogP contribution in [-0.4, -0.2) is 40.9 Å². The Morgan fingerprint density at radius 1 is 1.12 bits per heavy atom. The molecule has 0 saturated carbocycles. The Bertz CT molecular complexity index is 923. The van der Waals surface area contributed by atoms with E-state index in [1.807, 2.05) is 5.32 Å². The van der Waals surface area contributed by atoms with Crippen LogP contribution in [0.5, 0.6) is 0 Å². The normalized spacial score (nSPS) is 16.3. The number of hydrogen-bond acceptors (Lipinski definition) is 5. The van der Waals surface area contributed by atoms with Crippen LogP contribution in [0.15, 0.2) is 46.4 Å². The number of nitrogens with zero attached hydrogens (tertiary/aromatic N) is 1. The van der Waals surface area contributed by atoms with Gasteiger partial charge < -0.3 is 9.52 Å². The first-order valence-corrected chi connectivity index (χ1v) is 7.15. The van der Waals surface area contributed by atoms with Gasteiger partial charge in [-0.3, -0.25) is 19.8 Å². The van der Waals surface area contributed by atoms with Crippen LogP contribution in [0.3, 0.4) is 0 Å².